The molecule has 0 aliphatic carbocycles. The zero-order valence-corrected chi connectivity index (χ0v) is 17.7. The van der Waals surface area contributed by atoms with Crippen molar-refractivity contribution in [2.75, 3.05) is 24.2 Å². The number of sulfonamides is 1. The Morgan fingerprint density at radius 2 is 1.96 bits per heavy atom. The van der Waals surface area contributed by atoms with Crippen molar-refractivity contribution < 1.29 is 17.9 Å². The summed E-state index contributed by atoms with van der Waals surface area (Å²) in [7, 11) is -2.14. The Hall–Kier alpha value is -2.10. The highest BCUT2D eigenvalue weighted by atomic mass is 79.9. The van der Waals surface area contributed by atoms with E-state index in [4.69, 9.17) is 16.3 Å². The standard InChI is InChI=1S/C17H17BrClN3O4S/c1-26-16-8-3-13(18)9-12(16)10-20-21-17(23)11-22(27(2,24)25)15-6-4-14(19)5-7-15/h3-10H,11H2,1-2H3,(H,21,23)/b20-10-. The zero-order valence-electron chi connectivity index (χ0n) is 14.5. The lowest BCUT2D eigenvalue weighted by Gasteiger charge is -2.21. The lowest BCUT2D eigenvalue weighted by molar-refractivity contribution is -0.119. The fourth-order valence-electron chi connectivity index (χ4n) is 2.15. The third kappa shape index (κ3) is 6.23. The van der Waals surface area contributed by atoms with Gasteiger partial charge in [0.2, 0.25) is 10.0 Å². The van der Waals surface area contributed by atoms with Gasteiger partial charge in [-0.3, -0.25) is 9.10 Å². The van der Waals surface area contributed by atoms with Crippen LogP contribution in [0.2, 0.25) is 5.02 Å². The molecule has 0 aliphatic rings. The predicted octanol–water partition coefficient (Wildman–Crippen LogP) is 3.03. The summed E-state index contributed by atoms with van der Waals surface area (Å²) in [5, 5.41) is 4.33. The van der Waals surface area contributed by atoms with Crippen LogP contribution in [0.1, 0.15) is 5.56 Å². The SMILES string of the molecule is COc1ccc(Br)cc1/C=N\NC(=O)CN(c1ccc(Cl)cc1)S(C)(=O)=O. The molecule has 0 radical (unpaired) electrons. The lowest BCUT2D eigenvalue weighted by atomic mass is 10.2. The van der Waals surface area contributed by atoms with Crippen molar-refractivity contribution in [2.24, 2.45) is 5.10 Å². The molecule has 10 heteroatoms. The topological polar surface area (TPSA) is 88.1 Å². The minimum atomic E-state index is -3.67. The van der Waals surface area contributed by atoms with Crippen LogP contribution in [0.5, 0.6) is 5.75 Å². The monoisotopic (exact) mass is 473 g/mol. The van der Waals surface area contributed by atoms with E-state index in [1.54, 1.807) is 24.3 Å². The molecule has 0 saturated heterocycles. The van der Waals surface area contributed by atoms with Crippen LogP contribution in [0, 0.1) is 0 Å². The summed E-state index contributed by atoms with van der Waals surface area (Å²) in [4.78, 5) is 12.2. The maximum absolute atomic E-state index is 12.2. The summed E-state index contributed by atoms with van der Waals surface area (Å²) in [6.07, 6.45) is 2.43. The molecule has 0 saturated carbocycles. The van der Waals surface area contributed by atoms with Gasteiger partial charge >= 0.3 is 0 Å². The normalized spacial score (nSPS) is 11.4. The van der Waals surface area contributed by atoms with Gasteiger partial charge in [-0.2, -0.15) is 5.10 Å². The van der Waals surface area contributed by atoms with Crippen molar-refractivity contribution >= 4 is 55.4 Å². The number of methoxy groups -OCH3 is 1. The van der Waals surface area contributed by atoms with E-state index in [0.717, 1.165) is 15.0 Å². The number of benzene rings is 2. The van der Waals surface area contributed by atoms with Crippen LogP contribution >= 0.6 is 27.5 Å². The van der Waals surface area contributed by atoms with Crippen molar-refractivity contribution in [1.29, 1.82) is 0 Å². The van der Waals surface area contributed by atoms with Gasteiger partial charge in [-0.1, -0.05) is 27.5 Å². The van der Waals surface area contributed by atoms with Crippen molar-refractivity contribution in [2.45, 2.75) is 0 Å². The maximum Gasteiger partial charge on any atom is 0.260 e. The molecule has 0 heterocycles. The van der Waals surface area contributed by atoms with Crippen molar-refractivity contribution in [3.8, 4) is 5.75 Å². The number of nitrogens with one attached hydrogen (secondary N) is 1. The smallest absolute Gasteiger partial charge is 0.260 e. The molecule has 0 unspecified atom stereocenters. The molecule has 0 aliphatic heterocycles. The highest BCUT2D eigenvalue weighted by Gasteiger charge is 2.20. The van der Waals surface area contributed by atoms with Crippen LogP contribution in [0.4, 0.5) is 5.69 Å². The van der Waals surface area contributed by atoms with Gasteiger partial charge in [0, 0.05) is 15.1 Å². The molecule has 0 atom stereocenters. The van der Waals surface area contributed by atoms with E-state index in [9.17, 15) is 13.2 Å². The highest BCUT2D eigenvalue weighted by Crippen LogP contribution is 2.21. The number of rotatable bonds is 7. The molecule has 0 fully saturated rings. The molecule has 1 amide bonds. The van der Waals surface area contributed by atoms with E-state index < -0.39 is 22.5 Å². The number of anilines is 1. The first kappa shape index (κ1) is 21.2. The number of amides is 1. The second-order valence-electron chi connectivity index (χ2n) is 5.43. The molecule has 0 spiro atoms. The predicted molar refractivity (Wildman–Crippen MR) is 110 cm³/mol. The average Bonchev–Trinajstić information content (AvgIpc) is 2.60. The number of nitrogens with zero attached hydrogens (tertiary/aromatic N) is 2. The molecular formula is C17H17BrClN3O4S. The number of carbonyl (C=O) groups is 1. The molecule has 2 aromatic carbocycles. The molecule has 7 nitrogen and oxygen atoms in total. The van der Waals surface area contributed by atoms with Gasteiger partial charge in [0.15, 0.2) is 0 Å². The molecule has 144 valence electrons. The Bertz CT molecular complexity index is 949. The second-order valence-corrected chi connectivity index (χ2v) is 8.68. The first-order chi connectivity index (χ1) is 12.7. The van der Waals surface area contributed by atoms with Gasteiger partial charge in [0.25, 0.3) is 5.91 Å². The van der Waals surface area contributed by atoms with Gasteiger partial charge in [-0.15, -0.1) is 0 Å². The Kier molecular flexibility index (Phi) is 7.23. The van der Waals surface area contributed by atoms with Crippen LogP contribution in [-0.2, 0) is 14.8 Å². The maximum atomic E-state index is 12.2. The van der Waals surface area contributed by atoms with Gasteiger partial charge in [0.05, 0.1) is 25.3 Å². The molecule has 1 N–H and O–H groups in total. The highest BCUT2D eigenvalue weighted by molar-refractivity contribution is 9.10. The van der Waals surface area contributed by atoms with Gasteiger partial charge in [0.1, 0.15) is 12.3 Å². The van der Waals surface area contributed by atoms with Gasteiger partial charge in [-0.25, -0.2) is 13.8 Å². The van der Waals surface area contributed by atoms with Crippen molar-refractivity contribution in [3.05, 3.63) is 57.5 Å². The van der Waals surface area contributed by atoms with E-state index in [1.165, 1.54) is 25.5 Å². The van der Waals surface area contributed by atoms with Crippen molar-refractivity contribution in [1.82, 2.24) is 5.43 Å². The minimum absolute atomic E-state index is 0.328. The first-order valence-electron chi connectivity index (χ1n) is 7.59. The third-order valence-corrected chi connectivity index (χ3v) is 5.27. The van der Waals surface area contributed by atoms with Crippen LogP contribution in [0.3, 0.4) is 0 Å². The largest absolute Gasteiger partial charge is 0.496 e. The Morgan fingerprint density at radius 3 is 2.56 bits per heavy atom. The van der Waals surface area contributed by atoms with Crippen molar-refractivity contribution in [3.63, 3.8) is 0 Å². The average molecular weight is 475 g/mol. The Balaban J connectivity index is 2.10. The van der Waals surface area contributed by atoms with Crippen LogP contribution in [0.15, 0.2) is 52.0 Å². The number of hydrogen-bond donors (Lipinski definition) is 1. The van der Waals surface area contributed by atoms with Crippen LogP contribution in [-0.4, -0.2) is 40.4 Å². The molecule has 27 heavy (non-hydrogen) atoms. The van der Waals surface area contributed by atoms with E-state index in [2.05, 4.69) is 26.5 Å². The van der Waals surface area contributed by atoms with Crippen LogP contribution < -0.4 is 14.5 Å². The van der Waals surface area contributed by atoms with E-state index in [1.807, 2.05) is 6.07 Å². The molecule has 2 aromatic rings. The minimum Gasteiger partial charge on any atom is -0.496 e. The fraction of sp³-hybridized carbons (Fsp3) is 0.176. The lowest BCUT2D eigenvalue weighted by Crippen LogP contribution is -2.39. The zero-order chi connectivity index (χ0) is 20.0. The van der Waals surface area contributed by atoms with Crippen LogP contribution in [0.25, 0.3) is 0 Å². The summed E-state index contributed by atoms with van der Waals surface area (Å²) in [6, 6.07) is 11.5. The van der Waals surface area contributed by atoms with E-state index in [0.29, 0.717) is 22.0 Å². The van der Waals surface area contributed by atoms with Gasteiger partial charge in [-0.05, 0) is 42.5 Å². The van der Waals surface area contributed by atoms with E-state index >= 15 is 0 Å². The number of carbonyl (C=O) groups excluding carboxylic acids is 1. The molecule has 0 aromatic heterocycles. The number of ether oxygens (including phenoxy) is 1. The molecule has 2 rings (SSSR count). The van der Waals surface area contributed by atoms with E-state index in [-0.39, 0.29) is 0 Å². The summed E-state index contributed by atoms with van der Waals surface area (Å²) in [5.41, 5.74) is 3.28. The summed E-state index contributed by atoms with van der Waals surface area (Å²) < 4.78 is 31.0. The first-order valence-corrected chi connectivity index (χ1v) is 10.6. The summed E-state index contributed by atoms with van der Waals surface area (Å²) in [5.74, 6) is -0.0179. The Morgan fingerprint density at radius 1 is 1.30 bits per heavy atom. The molecule has 0 bridgehead atoms. The Labute approximate surface area is 171 Å². The molecular weight excluding hydrogens is 458 g/mol. The van der Waals surface area contributed by atoms with Gasteiger partial charge < -0.3 is 4.74 Å². The number of hydrogen-bond acceptors (Lipinski definition) is 5. The third-order valence-electron chi connectivity index (χ3n) is 3.39. The number of halogens is 2. The number of hydrazone groups is 1. The summed E-state index contributed by atoms with van der Waals surface area (Å²) in [6.45, 7) is -0.423. The summed E-state index contributed by atoms with van der Waals surface area (Å²) >= 11 is 9.16. The fourth-order valence-corrected chi connectivity index (χ4v) is 3.51. The second kappa shape index (κ2) is 9.20. The quantitative estimate of drug-likeness (QED) is 0.493.